The summed E-state index contributed by atoms with van der Waals surface area (Å²) in [6, 6.07) is 13.3. The molecule has 1 amide bonds. The number of anilines is 3. The van der Waals surface area contributed by atoms with Gasteiger partial charge in [0.2, 0.25) is 5.95 Å². The van der Waals surface area contributed by atoms with Crippen molar-refractivity contribution in [1.82, 2.24) is 9.97 Å². The van der Waals surface area contributed by atoms with Crippen molar-refractivity contribution in [2.75, 3.05) is 17.2 Å². The number of nitrogens with one attached hydrogen (secondary N) is 2. The van der Waals surface area contributed by atoms with Crippen LogP contribution in [0.1, 0.15) is 28.4 Å². The summed E-state index contributed by atoms with van der Waals surface area (Å²) in [4.78, 5) is 20.9. The molecule has 0 aliphatic carbocycles. The summed E-state index contributed by atoms with van der Waals surface area (Å²) < 4.78 is 5.41. The second kappa shape index (κ2) is 8.31. The molecule has 2 N–H and O–H groups in total. The smallest absolute Gasteiger partial charge is 0.258 e. The normalized spacial score (nSPS) is 10.3. The highest BCUT2D eigenvalue weighted by molar-refractivity contribution is 6.04. The molecule has 0 atom stereocenters. The average Bonchev–Trinajstić information content (AvgIpc) is 2.68. The van der Waals surface area contributed by atoms with Gasteiger partial charge in [-0.2, -0.15) is 0 Å². The Kier molecular flexibility index (Phi) is 5.66. The van der Waals surface area contributed by atoms with E-state index in [9.17, 15) is 4.79 Å². The average molecular weight is 362 g/mol. The Hall–Kier alpha value is -3.41. The first-order valence-corrected chi connectivity index (χ1v) is 8.76. The maximum absolute atomic E-state index is 12.4. The lowest BCUT2D eigenvalue weighted by Gasteiger charge is -2.10. The molecule has 138 valence electrons. The number of rotatable bonds is 6. The molecule has 1 heterocycles. The van der Waals surface area contributed by atoms with E-state index in [0.29, 0.717) is 18.1 Å². The summed E-state index contributed by atoms with van der Waals surface area (Å²) >= 11 is 0. The van der Waals surface area contributed by atoms with Crippen molar-refractivity contribution in [2.45, 2.75) is 20.8 Å². The van der Waals surface area contributed by atoms with Crippen molar-refractivity contribution in [1.29, 1.82) is 0 Å². The van der Waals surface area contributed by atoms with E-state index in [0.717, 1.165) is 28.3 Å². The van der Waals surface area contributed by atoms with Crippen molar-refractivity contribution in [3.63, 3.8) is 0 Å². The Morgan fingerprint density at radius 3 is 2.41 bits per heavy atom. The standard InChI is InChI=1S/C21H22N4O2/c1-4-27-18-10-8-17(9-11-18)24-21-22-12-16(13-23-21)20(26)25-19-7-5-6-14(2)15(19)3/h5-13H,4H2,1-3H3,(H,25,26)(H,22,23,24). The number of hydrogen-bond acceptors (Lipinski definition) is 5. The van der Waals surface area contributed by atoms with Crippen LogP contribution in [0.15, 0.2) is 54.9 Å². The fraction of sp³-hybridized carbons (Fsp3) is 0.190. The van der Waals surface area contributed by atoms with Gasteiger partial charge in [-0.15, -0.1) is 0 Å². The van der Waals surface area contributed by atoms with E-state index in [1.54, 1.807) is 0 Å². The van der Waals surface area contributed by atoms with Gasteiger partial charge in [-0.1, -0.05) is 12.1 Å². The molecule has 0 aliphatic rings. The molecule has 0 spiro atoms. The van der Waals surface area contributed by atoms with Gasteiger partial charge >= 0.3 is 0 Å². The molecular weight excluding hydrogens is 340 g/mol. The number of carbonyl (C=O) groups excluding carboxylic acids is 1. The fourth-order valence-electron chi connectivity index (χ4n) is 2.52. The number of benzene rings is 2. The van der Waals surface area contributed by atoms with Crippen LogP contribution in [0, 0.1) is 13.8 Å². The number of nitrogens with zero attached hydrogens (tertiary/aromatic N) is 2. The highest BCUT2D eigenvalue weighted by Crippen LogP contribution is 2.20. The number of amides is 1. The molecule has 0 radical (unpaired) electrons. The third kappa shape index (κ3) is 4.61. The number of aromatic nitrogens is 2. The third-order valence-electron chi connectivity index (χ3n) is 4.19. The largest absolute Gasteiger partial charge is 0.494 e. The summed E-state index contributed by atoms with van der Waals surface area (Å²) in [5.41, 5.74) is 4.19. The minimum atomic E-state index is -0.240. The molecule has 2 aromatic carbocycles. The Labute approximate surface area is 158 Å². The predicted molar refractivity (Wildman–Crippen MR) is 107 cm³/mol. The van der Waals surface area contributed by atoms with Gasteiger partial charge in [0.1, 0.15) is 5.75 Å². The number of hydrogen-bond donors (Lipinski definition) is 2. The van der Waals surface area contributed by atoms with Crippen LogP contribution in [0.4, 0.5) is 17.3 Å². The summed E-state index contributed by atoms with van der Waals surface area (Å²) in [6.07, 6.45) is 3.01. The van der Waals surface area contributed by atoms with Gasteiger partial charge < -0.3 is 15.4 Å². The highest BCUT2D eigenvalue weighted by Gasteiger charge is 2.10. The van der Waals surface area contributed by atoms with Crippen LogP contribution >= 0.6 is 0 Å². The third-order valence-corrected chi connectivity index (χ3v) is 4.19. The minimum absolute atomic E-state index is 0.240. The van der Waals surface area contributed by atoms with Crippen LogP contribution in [-0.2, 0) is 0 Å². The molecule has 0 aliphatic heterocycles. The van der Waals surface area contributed by atoms with Crippen LogP contribution in [0.3, 0.4) is 0 Å². The van der Waals surface area contributed by atoms with E-state index in [2.05, 4.69) is 20.6 Å². The summed E-state index contributed by atoms with van der Waals surface area (Å²) in [5.74, 6) is 0.987. The molecule has 27 heavy (non-hydrogen) atoms. The van der Waals surface area contributed by atoms with E-state index in [1.165, 1.54) is 12.4 Å². The zero-order chi connectivity index (χ0) is 19.2. The van der Waals surface area contributed by atoms with Crippen molar-refractivity contribution in [3.8, 4) is 5.75 Å². The lowest BCUT2D eigenvalue weighted by molar-refractivity contribution is 0.102. The molecule has 0 saturated heterocycles. The van der Waals surface area contributed by atoms with Gasteiger partial charge in [0, 0.05) is 23.8 Å². The molecular formula is C21H22N4O2. The number of aryl methyl sites for hydroxylation is 1. The van der Waals surface area contributed by atoms with Crippen molar-refractivity contribution in [3.05, 3.63) is 71.5 Å². The minimum Gasteiger partial charge on any atom is -0.494 e. The van der Waals surface area contributed by atoms with E-state index in [-0.39, 0.29) is 5.91 Å². The second-order valence-corrected chi connectivity index (χ2v) is 6.08. The predicted octanol–water partition coefficient (Wildman–Crippen LogP) is 4.49. The summed E-state index contributed by atoms with van der Waals surface area (Å²) in [7, 11) is 0. The molecule has 3 rings (SSSR count). The van der Waals surface area contributed by atoms with Gasteiger partial charge in [-0.3, -0.25) is 4.79 Å². The van der Waals surface area contributed by atoms with Crippen LogP contribution in [0.25, 0.3) is 0 Å². The lowest BCUT2D eigenvalue weighted by Crippen LogP contribution is -2.14. The summed E-state index contributed by atoms with van der Waals surface area (Å²) in [5, 5.41) is 6.00. The van der Waals surface area contributed by atoms with Gasteiger partial charge in [0.25, 0.3) is 5.91 Å². The SMILES string of the molecule is CCOc1ccc(Nc2ncc(C(=O)Nc3cccc(C)c3C)cn2)cc1. The first-order chi connectivity index (χ1) is 13.1. The van der Waals surface area contributed by atoms with Gasteiger partial charge in [0.05, 0.1) is 12.2 Å². The fourth-order valence-corrected chi connectivity index (χ4v) is 2.52. The Balaban J connectivity index is 1.65. The van der Waals surface area contributed by atoms with E-state index < -0.39 is 0 Å². The molecule has 0 unspecified atom stereocenters. The van der Waals surface area contributed by atoms with E-state index >= 15 is 0 Å². The maximum atomic E-state index is 12.4. The molecule has 0 fully saturated rings. The molecule has 1 aromatic heterocycles. The van der Waals surface area contributed by atoms with Gasteiger partial charge in [0.15, 0.2) is 0 Å². The number of ether oxygens (including phenoxy) is 1. The Morgan fingerprint density at radius 2 is 1.74 bits per heavy atom. The second-order valence-electron chi connectivity index (χ2n) is 6.08. The van der Waals surface area contributed by atoms with Crippen LogP contribution in [-0.4, -0.2) is 22.5 Å². The van der Waals surface area contributed by atoms with Crippen LogP contribution < -0.4 is 15.4 Å². The van der Waals surface area contributed by atoms with E-state index in [1.807, 2.05) is 63.2 Å². The zero-order valence-electron chi connectivity index (χ0n) is 15.6. The number of carbonyl (C=O) groups is 1. The Morgan fingerprint density at radius 1 is 1.04 bits per heavy atom. The zero-order valence-corrected chi connectivity index (χ0v) is 15.6. The quantitative estimate of drug-likeness (QED) is 0.676. The first-order valence-electron chi connectivity index (χ1n) is 8.76. The molecule has 3 aromatic rings. The summed E-state index contributed by atoms with van der Waals surface area (Å²) in [6.45, 7) is 6.56. The van der Waals surface area contributed by atoms with Gasteiger partial charge in [-0.05, 0) is 62.2 Å². The van der Waals surface area contributed by atoms with Crippen LogP contribution in [0.5, 0.6) is 5.75 Å². The first kappa shape index (κ1) is 18.4. The van der Waals surface area contributed by atoms with Crippen molar-refractivity contribution in [2.24, 2.45) is 0 Å². The van der Waals surface area contributed by atoms with Crippen molar-refractivity contribution >= 4 is 23.2 Å². The molecule has 6 nitrogen and oxygen atoms in total. The van der Waals surface area contributed by atoms with Gasteiger partial charge in [-0.25, -0.2) is 9.97 Å². The Bertz CT molecular complexity index is 922. The van der Waals surface area contributed by atoms with Crippen molar-refractivity contribution < 1.29 is 9.53 Å². The molecule has 0 saturated carbocycles. The topological polar surface area (TPSA) is 76.1 Å². The lowest BCUT2D eigenvalue weighted by atomic mass is 10.1. The van der Waals surface area contributed by atoms with E-state index in [4.69, 9.17) is 4.74 Å². The van der Waals surface area contributed by atoms with Crippen LogP contribution in [0.2, 0.25) is 0 Å². The monoisotopic (exact) mass is 362 g/mol. The highest BCUT2D eigenvalue weighted by atomic mass is 16.5. The molecule has 0 bridgehead atoms. The molecule has 6 heteroatoms. The maximum Gasteiger partial charge on any atom is 0.258 e.